The molecule has 0 spiro atoms. The fourth-order valence-electron chi connectivity index (χ4n) is 2.98. The molecule has 25 heavy (non-hydrogen) atoms. The number of rotatable bonds is 3. The zero-order valence-electron chi connectivity index (χ0n) is 13.5. The van der Waals surface area contributed by atoms with Crippen LogP contribution in [0.2, 0.25) is 5.02 Å². The second-order valence-corrected chi connectivity index (χ2v) is 7.37. The van der Waals surface area contributed by atoms with Crippen molar-refractivity contribution in [3.8, 4) is 22.6 Å². The van der Waals surface area contributed by atoms with E-state index in [1.54, 1.807) is 0 Å². The number of halogens is 2. The monoisotopic (exact) mass is 414 g/mol. The predicted octanol–water partition coefficient (Wildman–Crippen LogP) is 5.22. The van der Waals surface area contributed by atoms with Gasteiger partial charge in [0.25, 0.3) is 0 Å². The Morgan fingerprint density at radius 1 is 0.840 bits per heavy atom. The number of hydrogen-bond acceptors (Lipinski definition) is 4. The molecule has 1 aliphatic heterocycles. The summed E-state index contributed by atoms with van der Waals surface area (Å²) in [6.07, 6.45) is 2.36. The lowest BCUT2D eigenvalue weighted by atomic mass is 10.1. The first-order chi connectivity index (χ1) is 12.2. The molecule has 4 rings (SSSR count). The number of aromatic nitrogens is 3. The summed E-state index contributed by atoms with van der Waals surface area (Å²) in [6, 6.07) is 15.6. The van der Waals surface area contributed by atoms with Crippen LogP contribution in [-0.4, -0.2) is 28.3 Å². The van der Waals surface area contributed by atoms with Gasteiger partial charge in [0.15, 0.2) is 11.6 Å². The Bertz CT molecular complexity index is 875. The number of nitrogens with zero attached hydrogens (tertiary/aromatic N) is 4. The molecule has 6 heteroatoms. The van der Waals surface area contributed by atoms with Crippen molar-refractivity contribution in [3.63, 3.8) is 0 Å². The molecule has 1 aromatic heterocycles. The smallest absolute Gasteiger partial charge is 0.183 e. The standard InChI is InChI=1S/C19H16BrClN4/c20-15-7-3-14(4-8-15)18-22-19(25-11-1-2-12-25)17(23-24-18)13-5-9-16(21)10-6-13/h3-10H,1-2,11-12H2. The van der Waals surface area contributed by atoms with Gasteiger partial charge in [-0.25, -0.2) is 4.98 Å². The van der Waals surface area contributed by atoms with Gasteiger partial charge in [-0.15, -0.1) is 10.2 Å². The molecule has 1 fully saturated rings. The molecule has 1 aliphatic rings. The molecule has 0 saturated carbocycles. The zero-order valence-corrected chi connectivity index (χ0v) is 15.8. The highest BCUT2D eigenvalue weighted by Gasteiger charge is 2.21. The highest BCUT2D eigenvalue weighted by molar-refractivity contribution is 9.10. The molecular weight excluding hydrogens is 400 g/mol. The van der Waals surface area contributed by atoms with Gasteiger partial charge in [0.1, 0.15) is 5.69 Å². The van der Waals surface area contributed by atoms with Gasteiger partial charge in [0.05, 0.1) is 0 Å². The molecule has 0 radical (unpaired) electrons. The highest BCUT2D eigenvalue weighted by Crippen LogP contribution is 2.31. The van der Waals surface area contributed by atoms with E-state index in [9.17, 15) is 0 Å². The molecule has 1 saturated heterocycles. The SMILES string of the molecule is Clc1ccc(-c2nnc(-c3ccc(Br)cc3)nc2N2CCCC2)cc1. The summed E-state index contributed by atoms with van der Waals surface area (Å²) in [5.74, 6) is 1.54. The minimum Gasteiger partial charge on any atom is -0.355 e. The molecule has 0 aliphatic carbocycles. The number of benzene rings is 2. The lowest BCUT2D eigenvalue weighted by Crippen LogP contribution is -2.21. The molecule has 3 aromatic rings. The summed E-state index contributed by atoms with van der Waals surface area (Å²) in [6.45, 7) is 2.00. The average Bonchev–Trinajstić information content (AvgIpc) is 3.17. The molecule has 0 amide bonds. The minimum atomic E-state index is 0.645. The first kappa shape index (κ1) is 16.5. The van der Waals surface area contributed by atoms with Crippen molar-refractivity contribution < 1.29 is 0 Å². The Labute approximate surface area is 160 Å². The van der Waals surface area contributed by atoms with E-state index in [1.807, 2.05) is 48.5 Å². The van der Waals surface area contributed by atoms with Crippen LogP contribution in [0.4, 0.5) is 5.82 Å². The molecule has 4 nitrogen and oxygen atoms in total. The van der Waals surface area contributed by atoms with Gasteiger partial charge in [0, 0.05) is 33.7 Å². The third-order valence-electron chi connectivity index (χ3n) is 4.29. The van der Waals surface area contributed by atoms with Crippen LogP contribution in [0.5, 0.6) is 0 Å². The Morgan fingerprint density at radius 3 is 2.16 bits per heavy atom. The fraction of sp³-hybridized carbons (Fsp3) is 0.211. The summed E-state index contributed by atoms with van der Waals surface area (Å²) in [5, 5.41) is 9.59. The first-order valence-electron chi connectivity index (χ1n) is 8.22. The summed E-state index contributed by atoms with van der Waals surface area (Å²) in [7, 11) is 0. The van der Waals surface area contributed by atoms with E-state index in [1.165, 1.54) is 12.8 Å². The van der Waals surface area contributed by atoms with Crippen molar-refractivity contribution in [2.24, 2.45) is 0 Å². The van der Waals surface area contributed by atoms with Crippen LogP contribution in [-0.2, 0) is 0 Å². The Kier molecular flexibility index (Phi) is 4.68. The van der Waals surface area contributed by atoms with Gasteiger partial charge in [-0.05, 0) is 37.1 Å². The van der Waals surface area contributed by atoms with E-state index >= 15 is 0 Å². The van der Waals surface area contributed by atoms with Crippen LogP contribution < -0.4 is 4.90 Å². The lowest BCUT2D eigenvalue weighted by molar-refractivity contribution is 0.896. The van der Waals surface area contributed by atoms with Gasteiger partial charge >= 0.3 is 0 Å². The molecule has 0 bridgehead atoms. The van der Waals surface area contributed by atoms with Crippen molar-refractivity contribution in [2.75, 3.05) is 18.0 Å². The maximum atomic E-state index is 6.02. The second kappa shape index (κ2) is 7.10. The maximum absolute atomic E-state index is 6.02. The van der Waals surface area contributed by atoms with Crippen LogP contribution >= 0.6 is 27.5 Å². The maximum Gasteiger partial charge on any atom is 0.183 e. The van der Waals surface area contributed by atoms with Crippen molar-refractivity contribution in [1.29, 1.82) is 0 Å². The van der Waals surface area contributed by atoms with Crippen LogP contribution in [0.25, 0.3) is 22.6 Å². The van der Waals surface area contributed by atoms with E-state index in [4.69, 9.17) is 16.6 Å². The third kappa shape index (κ3) is 3.53. The molecule has 2 aromatic carbocycles. The van der Waals surface area contributed by atoms with Crippen molar-refractivity contribution >= 4 is 33.3 Å². The first-order valence-corrected chi connectivity index (χ1v) is 9.39. The Morgan fingerprint density at radius 2 is 1.48 bits per heavy atom. The number of hydrogen-bond donors (Lipinski definition) is 0. The summed E-state index contributed by atoms with van der Waals surface area (Å²) >= 11 is 9.48. The van der Waals surface area contributed by atoms with E-state index < -0.39 is 0 Å². The van der Waals surface area contributed by atoms with Crippen LogP contribution in [0.15, 0.2) is 53.0 Å². The molecule has 126 valence electrons. The van der Waals surface area contributed by atoms with Gasteiger partial charge in [-0.3, -0.25) is 0 Å². The van der Waals surface area contributed by atoms with E-state index in [2.05, 4.69) is 31.0 Å². The van der Waals surface area contributed by atoms with E-state index in [0.717, 1.165) is 40.2 Å². The fourth-order valence-corrected chi connectivity index (χ4v) is 3.37. The van der Waals surface area contributed by atoms with Crippen molar-refractivity contribution in [3.05, 3.63) is 58.0 Å². The average molecular weight is 416 g/mol. The highest BCUT2D eigenvalue weighted by atomic mass is 79.9. The van der Waals surface area contributed by atoms with E-state index in [-0.39, 0.29) is 0 Å². The Hall–Kier alpha value is -1.98. The normalized spacial score (nSPS) is 14.1. The third-order valence-corrected chi connectivity index (χ3v) is 5.07. The van der Waals surface area contributed by atoms with Crippen LogP contribution in [0.3, 0.4) is 0 Å². The predicted molar refractivity (Wildman–Crippen MR) is 105 cm³/mol. The zero-order chi connectivity index (χ0) is 17.2. The van der Waals surface area contributed by atoms with Crippen molar-refractivity contribution in [1.82, 2.24) is 15.2 Å². The van der Waals surface area contributed by atoms with Gasteiger partial charge in [0.2, 0.25) is 0 Å². The lowest BCUT2D eigenvalue weighted by Gasteiger charge is -2.19. The molecular formula is C19H16BrClN4. The molecule has 0 unspecified atom stereocenters. The van der Waals surface area contributed by atoms with Crippen LogP contribution in [0, 0.1) is 0 Å². The quantitative estimate of drug-likeness (QED) is 0.588. The largest absolute Gasteiger partial charge is 0.355 e. The minimum absolute atomic E-state index is 0.645. The van der Waals surface area contributed by atoms with Gasteiger partial charge in [-0.1, -0.05) is 51.8 Å². The van der Waals surface area contributed by atoms with Gasteiger partial charge < -0.3 is 4.90 Å². The summed E-state index contributed by atoms with van der Waals surface area (Å²) in [4.78, 5) is 7.15. The summed E-state index contributed by atoms with van der Waals surface area (Å²) in [5.41, 5.74) is 2.74. The van der Waals surface area contributed by atoms with Gasteiger partial charge in [-0.2, -0.15) is 0 Å². The van der Waals surface area contributed by atoms with E-state index in [0.29, 0.717) is 10.8 Å². The topological polar surface area (TPSA) is 41.9 Å². The molecule has 2 heterocycles. The molecule has 0 atom stereocenters. The van der Waals surface area contributed by atoms with Crippen molar-refractivity contribution in [2.45, 2.75) is 12.8 Å². The Balaban J connectivity index is 1.81. The van der Waals surface area contributed by atoms with Crippen LogP contribution in [0.1, 0.15) is 12.8 Å². The second-order valence-electron chi connectivity index (χ2n) is 6.02. The summed E-state index contributed by atoms with van der Waals surface area (Å²) < 4.78 is 1.03. The number of anilines is 1. The molecule has 0 N–H and O–H groups in total.